The van der Waals surface area contributed by atoms with Crippen LogP contribution in [0.15, 0.2) is 53.1 Å². The molecule has 1 amide bonds. The van der Waals surface area contributed by atoms with Gasteiger partial charge in [0.05, 0.1) is 11.3 Å². The smallest absolute Gasteiger partial charge is 0.254 e. The van der Waals surface area contributed by atoms with Gasteiger partial charge in [0.15, 0.2) is 5.78 Å². The van der Waals surface area contributed by atoms with E-state index in [9.17, 15) is 9.59 Å². The van der Waals surface area contributed by atoms with Crippen LogP contribution >= 0.6 is 0 Å². The quantitative estimate of drug-likeness (QED) is 0.142. The molecule has 0 aliphatic heterocycles. The van der Waals surface area contributed by atoms with Crippen molar-refractivity contribution >= 4 is 17.4 Å². The van der Waals surface area contributed by atoms with Gasteiger partial charge in [-0.3, -0.25) is 14.6 Å². The molecule has 0 aromatic carbocycles. The summed E-state index contributed by atoms with van der Waals surface area (Å²) in [5.74, 6) is -0.637. The third-order valence-electron chi connectivity index (χ3n) is 4.76. The molecule has 0 saturated heterocycles. The summed E-state index contributed by atoms with van der Waals surface area (Å²) in [5, 5.41) is 6.41. The molecule has 5 nitrogen and oxygen atoms in total. The van der Waals surface area contributed by atoms with Crippen molar-refractivity contribution in [3.63, 3.8) is 0 Å². The van der Waals surface area contributed by atoms with E-state index in [4.69, 9.17) is 0 Å². The van der Waals surface area contributed by atoms with Gasteiger partial charge in [0.1, 0.15) is 0 Å². The van der Waals surface area contributed by atoms with Gasteiger partial charge >= 0.3 is 0 Å². The summed E-state index contributed by atoms with van der Waals surface area (Å²) >= 11 is 0. The van der Waals surface area contributed by atoms with E-state index in [0.29, 0.717) is 18.3 Å². The average Bonchev–Trinajstić information content (AvgIpc) is 2.69. The first kappa shape index (κ1) is 23.8. The highest BCUT2D eigenvalue weighted by atomic mass is 16.2. The second-order valence-corrected chi connectivity index (χ2v) is 6.98. The standard InChI is InChI=1S/C23H35N3O2/c1-5-11-19(12-6-2)22(24-4)17-21(18(3)27)23(28)26-16-10-15-25-20-13-8-7-9-14-20/h5-6,11-12,17,20,25H,1,7-10,13-16H2,2-4H3,(H,26,28)/b12-6-,19-11+,21-17+,24-22?. The number of amides is 1. The van der Waals surface area contributed by atoms with E-state index in [1.165, 1.54) is 39.0 Å². The first-order valence-electron chi connectivity index (χ1n) is 10.2. The van der Waals surface area contributed by atoms with Gasteiger partial charge in [-0.2, -0.15) is 0 Å². The molecule has 1 rings (SSSR count). The Morgan fingerprint density at radius 1 is 1.18 bits per heavy atom. The number of carbonyl (C=O) groups is 2. The maximum atomic E-state index is 12.5. The fourth-order valence-corrected chi connectivity index (χ4v) is 3.27. The summed E-state index contributed by atoms with van der Waals surface area (Å²) in [6.45, 7) is 8.41. The zero-order valence-electron chi connectivity index (χ0n) is 17.6. The normalized spacial score (nSPS) is 17.0. The number of nitrogens with zero attached hydrogens (tertiary/aromatic N) is 1. The minimum Gasteiger partial charge on any atom is -0.352 e. The molecule has 0 spiro atoms. The van der Waals surface area contributed by atoms with Crippen molar-refractivity contribution in [1.82, 2.24) is 10.6 Å². The largest absolute Gasteiger partial charge is 0.352 e. The molecule has 1 saturated carbocycles. The zero-order valence-corrected chi connectivity index (χ0v) is 17.6. The minimum absolute atomic E-state index is 0.111. The van der Waals surface area contributed by atoms with E-state index < -0.39 is 0 Å². The Labute approximate surface area is 169 Å². The molecule has 0 aromatic heterocycles. The second-order valence-electron chi connectivity index (χ2n) is 6.98. The summed E-state index contributed by atoms with van der Waals surface area (Å²) in [7, 11) is 1.64. The molecule has 1 aliphatic carbocycles. The number of allylic oxidation sites excluding steroid dienone is 6. The minimum atomic E-state index is -0.357. The molecule has 0 atom stereocenters. The fraction of sp³-hybridized carbons (Fsp3) is 0.522. The van der Waals surface area contributed by atoms with Gasteiger partial charge in [-0.25, -0.2) is 0 Å². The monoisotopic (exact) mass is 385 g/mol. The van der Waals surface area contributed by atoms with E-state index in [2.05, 4.69) is 22.2 Å². The van der Waals surface area contributed by atoms with E-state index >= 15 is 0 Å². The van der Waals surface area contributed by atoms with Crippen molar-refractivity contribution in [1.29, 1.82) is 0 Å². The van der Waals surface area contributed by atoms with Gasteiger partial charge in [0.2, 0.25) is 0 Å². The van der Waals surface area contributed by atoms with Crippen LogP contribution in [-0.4, -0.2) is 43.6 Å². The van der Waals surface area contributed by atoms with Gasteiger partial charge in [0, 0.05) is 19.6 Å². The molecule has 1 aliphatic rings. The fourth-order valence-electron chi connectivity index (χ4n) is 3.27. The molecule has 0 heterocycles. The van der Waals surface area contributed by atoms with Crippen molar-refractivity contribution in [2.75, 3.05) is 20.1 Å². The van der Waals surface area contributed by atoms with Crippen molar-refractivity contribution in [2.45, 2.75) is 58.4 Å². The van der Waals surface area contributed by atoms with Crippen molar-refractivity contribution < 1.29 is 9.59 Å². The maximum absolute atomic E-state index is 12.5. The molecule has 0 unspecified atom stereocenters. The molecule has 28 heavy (non-hydrogen) atoms. The Morgan fingerprint density at radius 3 is 2.46 bits per heavy atom. The Kier molecular flexibility index (Phi) is 11.7. The predicted octanol–water partition coefficient (Wildman–Crippen LogP) is 3.69. The average molecular weight is 386 g/mol. The first-order valence-corrected chi connectivity index (χ1v) is 10.2. The van der Waals surface area contributed by atoms with Crippen LogP contribution in [0.25, 0.3) is 0 Å². The molecular formula is C23H35N3O2. The van der Waals surface area contributed by atoms with Crippen LogP contribution in [0.3, 0.4) is 0 Å². The number of nitrogens with one attached hydrogen (secondary N) is 2. The van der Waals surface area contributed by atoms with Crippen molar-refractivity contribution in [3.05, 3.63) is 48.1 Å². The zero-order chi connectivity index (χ0) is 20.8. The Morgan fingerprint density at radius 2 is 1.89 bits per heavy atom. The van der Waals surface area contributed by atoms with Crippen molar-refractivity contribution in [3.8, 4) is 0 Å². The third kappa shape index (κ3) is 8.61. The Balaban J connectivity index is 2.64. The summed E-state index contributed by atoms with van der Waals surface area (Å²) in [6.07, 6.45) is 16.0. The molecule has 0 aromatic rings. The SMILES string of the molecule is C=C/C=C(\C=C/C)C(/C=C(\C(C)=O)C(=O)NCCCNC1CCCCC1)=NC. The highest BCUT2D eigenvalue weighted by Crippen LogP contribution is 2.17. The van der Waals surface area contributed by atoms with Crippen LogP contribution in [0.2, 0.25) is 0 Å². The Bertz CT molecular complexity index is 651. The van der Waals surface area contributed by atoms with E-state index in [0.717, 1.165) is 18.5 Å². The number of Topliss-reactive ketones (excluding diaryl/α,β-unsaturated/α-hetero) is 1. The molecule has 5 heteroatoms. The van der Waals surface area contributed by atoms with Crippen LogP contribution in [0.4, 0.5) is 0 Å². The molecule has 0 radical (unpaired) electrons. The number of ketones is 1. The second kappa shape index (κ2) is 13.8. The maximum Gasteiger partial charge on any atom is 0.254 e. The number of hydrogen-bond acceptors (Lipinski definition) is 4. The topological polar surface area (TPSA) is 70.6 Å². The number of aliphatic imine (C=N–C) groups is 1. The molecule has 1 fully saturated rings. The summed E-state index contributed by atoms with van der Waals surface area (Å²) in [5.41, 5.74) is 1.47. The van der Waals surface area contributed by atoms with Crippen LogP contribution in [-0.2, 0) is 9.59 Å². The Hall–Kier alpha value is -2.27. The lowest BCUT2D eigenvalue weighted by atomic mass is 9.95. The number of rotatable bonds is 11. The van der Waals surface area contributed by atoms with Gasteiger partial charge in [0.25, 0.3) is 5.91 Å². The molecular weight excluding hydrogens is 350 g/mol. The number of hydrogen-bond donors (Lipinski definition) is 2. The van der Waals surface area contributed by atoms with Gasteiger partial charge in [-0.05, 0) is 51.3 Å². The van der Waals surface area contributed by atoms with E-state index in [1.54, 1.807) is 25.3 Å². The summed E-state index contributed by atoms with van der Waals surface area (Å²) in [6, 6.07) is 0.613. The van der Waals surface area contributed by atoms with Gasteiger partial charge < -0.3 is 10.6 Å². The molecule has 2 N–H and O–H groups in total. The lowest BCUT2D eigenvalue weighted by molar-refractivity contribution is -0.121. The third-order valence-corrected chi connectivity index (χ3v) is 4.76. The summed E-state index contributed by atoms with van der Waals surface area (Å²) < 4.78 is 0. The summed E-state index contributed by atoms with van der Waals surface area (Å²) in [4.78, 5) is 28.7. The van der Waals surface area contributed by atoms with E-state index in [1.807, 2.05) is 19.1 Å². The highest BCUT2D eigenvalue weighted by molar-refractivity contribution is 6.24. The first-order chi connectivity index (χ1) is 13.5. The van der Waals surface area contributed by atoms with Crippen LogP contribution in [0.5, 0.6) is 0 Å². The van der Waals surface area contributed by atoms with E-state index in [-0.39, 0.29) is 17.3 Å². The van der Waals surface area contributed by atoms with Crippen molar-refractivity contribution in [2.24, 2.45) is 4.99 Å². The van der Waals surface area contributed by atoms with Gasteiger partial charge in [-0.1, -0.05) is 50.1 Å². The van der Waals surface area contributed by atoms with Crippen LogP contribution in [0.1, 0.15) is 52.4 Å². The molecule has 0 bridgehead atoms. The lowest BCUT2D eigenvalue weighted by Gasteiger charge is -2.22. The lowest BCUT2D eigenvalue weighted by Crippen LogP contribution is -2.34. The predicted molar refractivity (Wildman–Crippen MR) is 118 cm³/mol. The highest BCUT2D eigenvalue weighted by Gasteiger charge is 2.16. The van der Waals surface area contributed by atoms with Crippen LogP contribution < -0.4 is 10.6 Å². The number of carbonyl (C=O) groups excluding carboxylic acids is 2. The molecule has 154 valence electrons. The van der Waals surface area contributed by atoms with Gasteiger partial charge in [-0.15, -0.1) is 0 Å². The van der Waals surface area contributed by atoms with Crippen LogP contribution in [0, 0.1) is 0 Å².